The highest BCUT2D eigenvalue weighted by atomic mass is 32.1. The zero-order chi connectivity index (χ0) is 44.1. The molecular weight excluding hydrogens is 789 g/mol. The van der Waals surface area contributed by atoms with Crippen molar-refractivity contribution in [1.82, 2.24) is 31.5 Å². The number of carbonyl (C=O) groups is 8. The second kappa shape index (κ2) is 25.3. The lowest BCUT2D eigenvalue weighted by Crippen LogP contribution is -2.60. The molecule has 13 N–H and O–H groups in total. The first-order valence-corrected chi connectivity index (χ1v) is 20.0. The maximum absolute atomic E-state index is 14.7. The second-order valence-corrected chi connectivity index (χ2v) is 15.9. The van der Waals surface area contributed by atoms with Crippen molar-refractivity contribution in [2.75, 3.05) is 26.2 Å². The lowest BCUT2D eigenvalue weighted by molar-refractivity contribution is -0.154. The Kier molecular flexibility index (Phi) is 21.3. The standard InChI is InChI=1S/C38H60N10O10S/c1-38(2,59)31(36(57)58)42-18-10-4-7-16-29(50)48-27(15-11-19-43-37(40)41)34(55)44-22-28(49)45-26(21-30(51)52)33(54)47-25(20-23-12-5-3-6-13-23)32(53)46-24(35(48)56)14-8-9-17-39/h3,5-6,12-13,24-27,31,42,59H,4,7-11,14-22,39H2,1-2H3,(H,44,55)(H,45,49)(H,46,53)(H,47,54)(H,51,52)(H,57,58)(H4,40,41,43)/t24-,25-,26-,27-,31-/m0/s1. The van der Waals surface area contributed by atoms with Crippen LogP contribution in [0.2, 0.25) is 0 Å². The number of hydrogen-bond acceptors (Lipinski definition) is 12. The van der Waals surface area contributed by atoms with Crippen molar-refractivity contribution in [1.29, 1.82) is 0 Å². The van der Waals surface area contributed by atoms with Crippen LogP contribution in [-0.2, 0) is 44.8 Å². The summed E-state index contributed by atoms with van der Waals surface area (Å²) in [5, 5.41) is 32.0. The summed E-state index contributed by atoms with van der Waals surface area (Å²) in [6.07, 6.45) is 0.615. The predicted molar refractivity (Wildman–Crippen MR) is 221 cm³/mol. The Hall–Kier alpha value is -5.28. The van der Waals surface area contributed by atoms with Gasteiger partial charge in [0, 0.05) is 24.1 Å². The van der Waals surface area contributed by atoms with Crippen LogP contribution >= 0.6 is 12.6 Å². The molecule has 0 unspecified atom stereocenters. The van der Waals surface area contributed by atoms with Crippen LogP contribution in [0.1, 0.15) is 83.6 Å². The number of guanidine groups is 1. The second-order valence-electron chi connectivity index (χ2n) is 14.8. The number of carboxylic acid groups (broad SMARTS) is 2. The summed E-state index contributed by atoms with van der Waals surface area (Å²) in [4.78, 5) is 112. The van der Waals surface area contributed by atoms with Crippen LogP contribution in [0.5, 0.6) is 0 Å². The minimum Gasteiger partial charge on any atom is -0.481 e. The number of rotatable bonds is 21. The van der Waals surface area contributed by atoms with Crippen LogP contribution in [0.4, 0.5) is 0 Å². The number of amides is 6. The van der Waals surface area contributed by atoms with E-state index >= 15 is 0 Å². The van der Waals surface area contributed by atoms with Gasteiger partial charge in [-0.25, -0.2) is 0 Å². The zero-order valence-corrected chi connectivity index (χ0v) is 34.5. The number of imide groups is 1. The van der Waals surface area contributed by atoms with Crippen LogP contribution in [0.25, 0.3) is 0 Å². The number of benzene rings is 1. The Morgan fingerprint density at radius 2 is 1.54 bits per heavy atom. The van der Waals surface area contributed by atoms with Crippen LogP contribution in [0.15, 0.2) is 35.3 Å². The fourth-order valence-corrected chi connectivity index (χ4v) is 6.54. The van der Waals surface area contributed by atoms with E-state index in [2.05, 4.69) is 44.2 Å². The van der Waals surface area contributed by atoms with Crippen molar-refractivity contribution in [2.24, 2.45) is 22.2 Å². The zero-order valence-electron chi connectivity index (χ0n) is 33.6. The Morgan fingerprint density at radius 3 is 2.15 bits per heavy atom. The number of nitrogens with one attached hydrogen (secondary N) is 5. The topological polar surface area (TPSA) is 331 Å². The molecule has 1 aliphatic rings. The number of carboxylic acids is 2. The molecule has 20 nitrogen and oxygen atoms in total. The maximum Gasteiger partial charge on any atom is 0.322 e. The minimum atomic E-state index is -1.65. The number of nitrogens with two attached hydrogens (primary N) is 3. The Balaban J connectivity index is 2.59. The van der Waals surface area contributed by atoms with Crippen LogP contribution in [-0.4, -0.2) is 130 Å². The fourth-order valence-electron chi connectivity index (χ4n) is 6.34. The summed E-state index contributed by atoms with van der Waals surface area (Å²) in [6, 6.07) is 1.65. The summed E-state index contributed by atoms with van der Waals surface area (Å²) in [5.41, 5.74) is 17.3. The Morgan fingerprint density at radius 1 is 0.881 bits per heavy atom. The van der Waals surface area contributed by atoms with Crippen molar-refractivity contribution < 1.29 is 48.6 Å². The molecule has 6 amide bonds. The van der Waals surface area contributed by atoms with Gasteiger partial charge < -0.3 is 54.0 Å². The van der Waals surface area contributed by atoms with Crippen molar-refractivity contribution in [3.63, 3.8) is 0 Å². The van der Waals surface area contributed by atoms with E-state index in [1.807, 2.05) is 0 Å². The molecule has 0 bridgehead atoms. The lowest BCUT2D eigenvalue weighted by atomic mass is 10.0. The number of thiol groups is 1. The van der Waals surface area contributed by atoms with E-state index in [9.17, 15) is 48.6 Å². The van der Waals surface area contributed by atoms with Crippen molar-refractivity contribution in [2.45, 2.75) is 119 Å². The van der Waals surface area contributed by atoms with Gasteiger partial charge in [0.05, 0.1) is 13.0 Å². The largest absolute Gasteiger partial charge is 0.481 e. The number of hydrogen-bond donors (Lipinski definition) is 11. The van der Waals surface area contributed by atoms with E-state index in [0.29, 0.717) is 37.8 Å². The molecule has 1 saturated heterocycles. The van der Waals surface area contributed by atoms with Gasteiger partial charge in [0.1, 0.15) is 30.2 Å². The van der Waals surface area contributed by atoms with Gasteiger partial charge in [0.25, 0.3) is 5.91 Å². The number of carbonyl (C=O) groups excluding carboxylic acids is 6. The van der Waals surface area contributed by atoms with Crippen LogP contribution in [0.3, 0.4) is 0 Å². The summed E-state index contributed by atoms with van der Waals surface area (Å²) in [5.74, 6) is -8.13. The van der Waals surface area contributed by atoms with Gasteiger partial charge >= 0.3 is 11.9 Å². The molecule has 0 radical (unpaired) electrons. The van der Waals surface area contributed by atoms with E-state index in [-0.39, 0.29) is 57.6 Å². The minimum absolute atomic E-state index is 0.0126. The lowest BCUT2D eigenvalue weighted by Gasteiger charge is -2.33. The normalized spacial score (nSPS) is 20.2. The number of aliphatic imine (C=N–C) groups is 1. The average molecular weight is 849 g/mol. The third-order valence-corrected chi connectivity index (χ3v) is 9.61. The number of unbranched alkanes of at least 4 members (excludes halogenated alkanes) is 3. The number of nitrogens with zero attached hydrogens (tertiary/aromatic N) is 2. The Bertz CT molecular complexity index is 1640. The molecule has 328 valence electrons. The van der Waals surface area contributed by atoms with Crippen LogP contribution < -0.4 is 43.8 Å². The summed E-state index contributed by atoms with van der Waals surface area (Å²) in [7, 11) is 0. The van der Waals surface area contributed by atoms with Gasteiger partial charge in [0.2, 0.25) is 29.5 Å². The number of aliphatic carboxylic acids is 2. The summed E-state index contributed by atoms with van der Waals surface area (Å²) in [6.45, 7) is 3.12. The molecule has 0 spiro atoms. The molecule has 0 aromatic heterocycles. The van der Waals surface area contributed by atoms with Crippen molar-refractivity contribution in [3.8, 4) is 0 Å². The third kappa shape index (κ3) is 18.0. The SMILES string of the molecule is CC(C)(S)[C@@H](NCCCCCC(=O)N1C(=O)[C@H](CCCCN)NC(=O)[C@H](Cc2ccccc2)NC(=O)[C@H](CC(=O)O)NC(=O)CNC(=O)[C@@H]1CCCN=C(N)N)C(=O)O. The molecule has 1 aromatic carbocycles. The maximum atomic E-state index is 14.7. The van der Waals surface area contributed by atoms with E-state index in [0.717, 1.165) is 4.90 Å². The molecule has 1 fully saturated rings. The molecule has 2 rings (SSSR count). The molecule has 0 saturated carbocycles. The smallest absolute Gasteiger partial charge is 0.322 e. The third-order valence-electron chi connectivity index (χ3n) is 9.35. The Labute approximate surface area is 349 Å². The molecule has 1 aromatic rings. The van der Waals surface area contributed by atoms with Gasteiger partial charge in [-0.1, -0.05) is 36.8 Å². The highest BCUT2D eigenvalue weighted by Crippen LogP contribution is 2.19. The molecule has 5 atom stereocenters. The van der Waals surface area contributed by atoms with Gasteiger partial charge in [0.15, 0.2) is 5.96 Å². The van der Waals surface area contributed by atoms with Crippen molar-refractivity contribution >= 4 is 66.0 Å². The van der Waals surface area contributed by atoms with Crippen molar-refractivity contribution in [3.05, 3.63) is 35.9 Å². The van der Waals surface area contributed by atoms with Gasteiger partial charge in [-0.3, -0.25) is 48.2 Å². The predicted octanol–water partition coefficient (Wildman–Crippen LogP) is -1.49. The van der Waals surface area contributed by atoms with E-state index in [4.69, 9.17) is 17.2 Å². The summed E-state index contributed by atoms with van der Waals surface area (Å²) < 4.78 is -0.860. The highest BCUT2D eigenvalue weighted by Gasteiger charge is 2.40. The fraction of sp³-hybridized carbons (Fsp3) is 0.605. The van der Waals surface area contributed by atoms with E-state index in [1.165, 1.54) is 0 Å². The quantitative estimate of drug-likeness (QED) is 0.0291. The first kappa shape index (κ1) is 49.9. The molecule has 59 heavy (non-hydrogen) atoms. The van der Waals surface area contributed by atoms with Gasteiger partial charge in [-0.15, -0.1) is 0 Å². The van der Waals surface area contributed by atoms with E-state index < -0.39 is 95.3 Å². The average Bonchev–Trinajstić information content (AvgIpc) is 3.15. The highest BCUT2D eigenvalue weighted by molar-refractivity contribution is 7.81. The first-order valence-electron chi connectivity index (χ1n) is 19.6. The first-order chi connectivity index (χ1) is 27.8. The summed E-state index contributed by atoms with van der Waals surface area (Å²) >= 11 is 4.36. The molecule has 21 heteroatoms. The molecule has 1 heterocycles. The van der Waals surface area contributed by atoms with Crippen LogP contribution in [0, 0.1) is 0 Å². The monoisotopic (exact) mass is 848 g/mol. The van der Waals surface area contributed by atoms with Gasteiger partial charge in [-0.05, 0) is 77.4 Å². The molecular formula is C38H60N10O10S. The molecule has 1 aliphatic heterocycles. The van der Waals surface area contributed by atoms with E-state index in [1.54, 1.807) is 44.2 Å². The van der Waals surface area contributed by atoms with Gasteiger partial charge in [-0.2, -0.15) is 12.6 Å². The molecule has 0 aliphatic carbocycles.